The minimum absolute atomic E-state index is 0.569. The number of aromatic nitrogens is 4. The molecular weight excluding hydrogens is 705 g/mol. The summed E-state index contributed by atoms with van der Waals surface area (Å²) in [6.45, 7) is 0. The van der Waals surface area contributed by atoms with Crippen LogP contribution >= 0.6 is 11.8 Å². The molecule has 1 spiro atoms. The van der Waals surface area contributed by atoms with E-state index in [0.29, 0.717) is 11.1 Å². The average Bonchev–Trinajstić information content (AvgIpc) is 3.87. The van der Waals surface area contributed by atoms with E-state index in [4.69, 9.17) is 9.97 Å². The van der Waals surface area contributed by atoms with Crippen LogP contribution in [-0.2, 0) is 5.41 Å². The maximum atomic E-state index is 9.82. The van der Waals surface area contributed by atoms with Crippen molar-refractivity contribution in [3.05, 3.63) is 191 Å². The van der Waals surface area contributed by atoms with Crippen molar-refractivity contribution >= 4 is 55.4 Å². The van der Waals surface area contributed by atoms with E-state index >= 15 is 0 Å². The summed E-state index contributed by atoms with van der Waals surface area (Å²) in [7, 11) is 0. The number of hydrogen-bond donors (Lipinski definition) is 0. The Bertz CT molecular complexity index is 3330. The second-order valence-electron chi connectivity index (χ2n) is 14.4. The van der Waals surface area contributed by atoms with Crippen molar-refractivity contribution in [3.8, 4) is 34.9 Å². The van der Waals surface area contributed by atoms with E-state index in [-0.39, 0.29) is 0 Å². The van der Waals surface area contributed by atoms with Gasteiger partial charge in [0.2, 0.25) is 0 Å². The molecule has 6 nitrogen and oxygen atoms in total. The maximum Gasteiger partial charge on any atom is 0.0991 e. The third-order valence-corrected chi connectivity index (χ3v) is 12.8. The van der Waals surface area contributed by atoms with Crippen LogP contribution in [0.1, 0.15) is 33.4 Å². The van der Waals surface area contributed by atoms with Crippen molar-refractivity contribution < 1.29 is 0 Å². The van der Waals surface area contributed by atoms with E-state index in [1.807, 2.05) is 66.6 Å². The lowest BCUT2D eigenvalue weighted by Gasteiger charge is -2.39. The summed E-state index contributed by atoms with van der Waals surface area (Å²) >= 11 is 1.82. The van der Waals surface area contributed by atoms with Gasteiger partial charge in [0, 0.05) is 48.8 Å². The predicted octanol–water partition coefficient (Wildman–Crippen LogP) is 11.2. The average molecular weight is 731 g/mol. The summed E-state index contributed by atoms with van der Waals surface area (Å²) in [6.07, 6.45) is 3.79. The molecule has 0 bridgehead atoms. The lowest BCUT2D eigenvalue weighted by atomic mass is 9.67. The number of rotatable bonds is 2. The van der Waals surface area contributed by atoms with Gasteiger partial charge < -0.3 is 9.13 Å². The Labute approximate surface area is 325 Å². The van der Waals surface area contributed by atoms with Crippen LogP contribution in [0.5, 0.6) is 0 Å². The molecule has 6 aromatic carbocycles. The van der Waals surface area contributed by atoms with Crippen molar-refractivity contribution in [2.75, 3.05) is 0 Å². The van der Waals surface area contributed by atoms with Crippen LogP contribution in [0.3, 0.4) is 0 Å². The van der Waals surface area contributed by atoms with Gasteiger partial charge in [0.25, 0.3) is 0 Å². The molecule has 1 atom stereocenters. The number of fused-ring (bicyclic) bond motifs is 15. The van der Waals surface area contributed by atoms with Crippen LogP contribution < -0.4 is 0 Å². The number of hydrogen-bond acceptors (Lipinski definition) is 5. The van der Waals surface area contributed by atoms with Gasteiger partial charge in [-0.1, -0.05) is 78.5 Å². The zero-order chi connectivity index (χ0) is 37.1. The number of nitriles is 2. The van der Waals surface area contributed by atoms with Gasteiger partial charge in [-0.05, 0) is 95.6 Å². The van der Waals surface area contributed by atoms with Crippen LogP contribution in [-0.4, -0.2) is 19.1 Å². The van der Waals surface area contributed by atoms with Crippen LogP contribution in [0.15, 0.2) is 168 Å². The Morgan fingerprint density at radius 2 is 1.05 bits per heavy atom. The van der Waals surface area contributed by atoms with Gasteiger partial charge in [0.05, 0.1) is 74.0 Å². The molecule has 0 amide bonds. The topological polar surface area (TPSA) is 83.2 Å². The molecule has 0 saturated carbocycles. The highest BCUT2D eigenvalue weighted by atomic mass is 32.2. The van der Waals surface area contributed by atoms with Crippen molar-refractivity contribution in [1.29, 1.82) is 10.5 Å². The smallest absolute Gasteiger partial charge is 0.0991 e. The Hall–Kier alpha value is -7.45. The fourth-order valence-corrected chi connectivity index (χ4v) is 10.7. The second kappa shape index (κ2) is 11.3. The van der Waals surface area contributed by atoms with Gasteiger partial charge in [-0.3, -0.25) is 9.97 Å². The molecule has 1 aliphatic carbocycles. The molecule has 0 N–H and O–H groups in total. The normalized spacial score (nSPS) is 15.1. The quantitative estimate of drug-likeness (QED) is 0.177. The first-order valence-electron chi connectivity index (χ1n) is 18.4. The highest BCUT2D eigenvalue weighted by Crippen LogP contribution is 2.62. The number of benzene rings is 6. The first-order valence-corrected chi connectivity index (χ1v) is 19.2. The summed E-state index contributed by atoms with van der Waals surface area (Å²) in [5.41, 5.74) is 13.0. The summed E-state index contributed by atoms with van der Waals surface area (Å²) in [4.78, 5) is 12.6. The van der Waals surface area contributed by atoms with Crippen LogP contribution in [0.2, 0.25) is 0 Å². The van der Waals surface area contributed by atoms with E-state index in [0.717, 1.165) is 55.7 Å². The Balaban J connectivity index is 1.15. The second-order valence-corrected chi connectivity index (χ2v) is 15.5. The molecule has 1 unspecified atom stereocenters. The molecule has 258 valence electrons. The first kappa shape index (κ1) is 31.0. The largest absolute Gasteiger partial charge is 0.309 e. The first-order chi connectivity index (χ1) is 27.7. The molecule has 0 fully saturated rings. The minimum Gasteiger partial charge on any atom is -0.309 e. The van der Waals surface area contributed by atoms with Crippen LogP contribution in [0.25, 0.3) is 66.4 Å². The predicted molar refractivity (Wildman–Crippen MR) is 222 cm³/mol. The molecule has 10 aromatic rings. The fourth-order valence-electron chi connectivity index (χ4n) is 9.49. The van der Waals surface area contributed by atoms with E-state index in [1.165, 1.54) is 42.7 Å². The van der Waals surface area contributed by atoms with E-state index in [1.54, 1.807) is 0 Å². The summed E-state index contributed by atoms with van der Waals surface area (Å²) < 4.78 is 4.59. The van der Waals surface area contributed by atoms with Gasteiger partial charge in [-0.25, -0.2) is 0 Å². The molecule has 0 saturated heterocycles. The molecule has 56 heavy (non-hydrogen) atoms. The molecule has 12 rings (SSSR count). The fraction of sp³-hybridized carbons (Fsp3) is 0.0204. The highest BCUT2D eigenvalue weighted by Gasteiger charge is 2.52. The molecule has 5 heterocycles. The molecule has 2 aliphatic rings. The molecule has 7 heteroatoms. The lowest BCUT2D eigenvalue weighted by molar-refractivity contribution is 0.718. The summed E-state index contributed by atoms with van der Waals surface area (Å²) in [5.74, 6) is 0. The van der Waals surface area contributed by atoms with E-state index in [9.17, 15) is 10.5 Å². The molecule has 0 radical (unpaired) electrons. The van der Waals surface area contributed by atoms with Crippen molar-refractivity contribution in [2.45, 2.75) is 15.2 Å². The molecular formula is C49H26N6S. The van der Waals surface area contributed by atoms with Crippen molar-refractivity contribution in [2.24, 2.45) is 0 Å². The van der Waals surface area contributed by atoms with Crippen molar-refractivity contribution in [3.63, 3.8) is 0 Å². The Kier molecular flexibility index (Phi) is 6.24. The number of pyridine rings is 2. The van der Waals surface area contributed by atoms with Crippen molar-refractivity contribution in [1.82, 2.24) is 19.1 Å². The zero-order valence-corrected chi connectivity index (χ0v) is 30.4. The Morgan fingerprint density at radius 1 is 0.464 bits per heavy atom. The van der Waals surface area contributed by atoms with Gasteiger partial charge in [0.15, 0.2) is 0 Å². The minimum atomic E-state index is -0.695. The highest BCUT2D eigenvalue weighted by molar-refractivity contribution is 7.99. The summed E-state index contributed by atoms with van der Waals surface area (Å²) in [5, 5.41) is 23.9. The number of para-hydroxylation sites is 2. The third-order valence-electron chi connectivity index (χ3n) is 11.7. The zero-order valence-electron chi connectivity index (χ0n) is 29.6. The Morgan fingerprint density at radius 3 is 1.77 bits per heavy atom. The van der Waals surface area contributed by atoms with E-state index < -0.39 is 5.41 Å². The third kappa shape index (κ3) is 3.94. The van der Waals surface area contributed by atoms with Gasteiger partial charge in [0.1, 0.15) is 0 Å². The van der Waals surface area contributed by atoms with E-state index in [2.05, 4.69) is 124 Å². The van der Waals surface area contributed by atoms with Crippen LogP contribution in [0, 0.1) is 22.7 Å². The lowest BCUT2D eigenvalue weighted by Crippen LogP contribution is -2.32. The SMILES string of the molecule is N#Cc1ccc2c(c1)c1cc(C#N)ccc1n2-c1cnc2c(c1)C1(c3ccccc3Sc3cc(-n4c5ccccc5c5ccccc54)ccc31)c1cccnc1-2. The van der Waals surface area contributed by atoms with Gasteiger partial charge in [-0.15, -0.1) is 0 Å². The van der Waals surface area contributed by atoms with Gasteiger partial charge >= 0.3 is 0 Å². The monoisotopic (exact) mass is 730 g/mol. The molecule has 1 aliphatic heterocycles. The maximum absolute atomic E-state index is 9.82. The molecule has 4 aromatic heterocycles. The van der Waals surface area contributed by atoms with Gasteiger partial charge in [-0.2, -0.15) is 10.5 Å². The number of nitrogens with zero attached hydrogens (tertiary/aromatic N) is 6. The standard InChI is InChI=1S/C49H26N6S/c50-26-29-15-19-43-35(22-29)36-23-30(27-51)16-20-44(36)55(43)32-24-40-48(53-28-32)47-39(11-7-21-52-47)49(40)37-10-3-6-14-45(37)56-46-25-31(17-18-38(46)49)54-41-12-4-1-8-33(41)34-9-2-5-13-42(34)54/h1-25,28H. The van der Waals surface area contributed by atoms with Crippen LogP contribution in [0.4, 0.5) is 0 Å². The summed E-state index contributed by atoms with van der Waals surface area (Å²) in [6, 6.07) is 55.6.